The molecule has 0 atom stereocenters. The monoisotopic (exact) mass is 328 g/mol. The molecule has 2 rings (SSSR count). The second-order valence-corrected chi connectivity index (χ2v) is 4.85. The molecule has 0 fully saturated rings. The Bertz CT molecular complexity index is 570. The van der Waals surface area contributed by atoms with Gasteiger partial charge >= 0.3 is 0 Å². The van der Waals surface area contributed by atoms with Gasteiger partial charge in [-0.15, -0.1) is 0 Å². The molecule has 0 unspecified atom stereocenters. The molecule has 102 valence electrons. The van der Waals surface area contributed by atoms with Crippen LogP contribution < -0.4 is 0 Å². The zero-order valence-electron chi connectivity index (χ0n) is 10.9. The lowest BCUT2D eigenvalue weighted by Gasteiger charge is -2.09. The first kappa shape index (κ1) is 14.2. The summed E-state index contributed by atoms with van der Waals surface area (Å²) in [5.74, 6) is -1.18. The van der Waals surface area contributed by atoms with Crippen LogP contribution in [0.2, 0.25) is 0 Å². The molecule has 0 saturated carbocycles. The van der Waals surface area contributed by atoms with Crippen molar-refractivity contribution in [1.29, 1.82) is 0 Å². The van der Waals surface area contributed by atoms with Gasteiger partial charge in [0.2, 0.25) is 0 Å². The maximum absolute atomic E-state index is 14.1. The van der Waals surface area contributed by atoms with E-state index in [2.05, 4.69) is 21.0 Å². The summed E-state index contributed by atoms with van der Waals surface area (Å²) in [5, 5.41) is 4.69. The second kappa shape index (κ2) is 5.82. The van der Waals surface area contributed by atoms with Crippen LogP contribution in [0.1, 0.15) is 30.8 Å². The molecule has 1 aromatic carbocycles. The van der Waals surface area contributed by atoms with E-state index in [0.717, 1.165) is 17.8 Å². The predicted molar refractivity (Wildman–Crippen MR) is 74.9 cm³/mol. The quantitative estimate of drug-likeness (QED) is 0.770. The standard InChI is InChI=1S/C14H15BrF2N2/c1-3-10-7-11(4-2)19(18-10)14-12(16)5-9(8-15)6-13(14)17/h5-7H,3-4,8H2,1-2H3. The Morgan fingerprint density at radius 2 is 1.74 bits per heavy atom. The van der Waals surface area contributed by atoms with Crippen molar-refractivity contribution in [2.24, 2.45) is 0 Å². The fourth-order valence-corrected chi connectivity index (χ4v) is 2.31. The van der Waals surface area contributed by atoms with Crippen molar-refractivity contribution < 1.29 is 8.78 Å². The number of aryl methyl sites for hydroxylation is 2. The average molecular weight is 329 g/mol. The molecule has 0 spiro atoms. The molecule has 1 heterocycles. The van der Waals surface area contributed by atoms with E-state index in [1.54, 1.807) is 0 Å². The van der Waals surface area contributed by atoms with E-state index in [9.17, 15) is 8.78 Å². The summed E-state index contributed by atoms with van der Waals surface area (Å²) < 4.78 is 29.6. The van der Waals surface area contributed by atoms with Gasteiger partial charge in [0.1, 0.15) is 5.69 Å². The fourth-order valence-electron chi connectivity index (χ4n) is 1.99. The van der Waals surface area contributed by atoms with Gasteiger partial charge in [0, 0.05) is 11.0 Å². The molecule has 19 heavy (non-hydrogen) atoms. The summed E-state index contributed by atoms with van der Waals surface area (Å²) in [6, 6.07) is 4.55. The summed E-state index contributed by atoms with van der Waals surface area (Å²) in [6.07, 6.45) is 1.41. The minimum Gasteiger partial charge on any atom is -0.232 e. The highest BCUT2D eigenvalue weighted by Crippen LogP contribution is 2.23. The molecule has 0 saturated heterocycles. The largest absolute Gasteiger partial charge is 0.232 e. The van der Waals surface area contributed by atoms with Crippen LogP contribution in [0, 0.1) is 11.6 Å². The van der Waals surface area contributed by atoms with Gasteiger partial charge in [0.15, 0.2) is 11.6 Å². The molecular formula is C14H15BrF2N2. The van der Waals surface area contributed by atoms with Crippen molar-refractivity contribution in [2.45, 2.75) is 32.0 Å². The van der Waals surface area contributed by atoms with Crippen LogP contribution in [-0.4, -0.2) is 9.78 Å². The van der Waals surface area contributed by atoms with Crippen LogP contribution in [0.5, 0.6) is 0 Å². The molecule has 0 radical (unpaired) electrons. The number of aromatic nitrogens is 2. The van der Waals surface area contributed by atoms with Gasteiger partial charge in [0.25, 0.3) is 0 Å². The number of alkyl halides is 1. The number of nitrogens with zero attached hydrogens (tertiary/aromatic N) is 2. The molecule has 2 nitrogen and oxygen atoms in total. The number of benzene rings is 1. The van der Waals surface area contributed by atoms with Crippen molar-refractivity contribution in [3.63, 3.8) is 0 Å². The molecule has 0 bridgehead atoms. The summed E-state index contributed by atoms with van der Waals surface area (Å²) in [6.45, 7) is 3.91. The van der Waals surface area contributed by atoms with E-state index >= 15 is 0 Å². The van der Waals surface area contributed by atoms with Crippen LogP contribution in [0.3, 0.4) is 0 Å². The molecule has 5 heteroatoms. The summed E-state index contributed by atoms with van der Waals surface area (Å²) in [4.78, 5) is 0. The lowest BCUT2D eigenvalue weighted by atomic mass is 10.2. The van der Waals surface area contributed by atoms with Gasteiger partial charge in [-0.05, 0) is 36.6 Å². The highest BCUT2D eigenvalue weighted by atomic mass is 79.9. The van der Waals surface area contributed by atoms with Gasteiger partial charge in [-0.1, -0.05) is 29.8 Å². The Labute approximate surface area is 119 Å². The van der Waals surface area contributed by atoms with E-state index < -0.39 is 11.6 Å². The number of rotatable bonds is 4. The lowest BCUT2D eigenvalue weighted by molar-refractivity contribution is 0.553. The minimum absolute atomic E-state index is 0.0961. The lowest BCUT2D eigenvalue weighted by Crippen LogP contribution is -2.07. The van der Waals surface area contributed by atoms with Crippen molar-refractivity contribution >= 4 is 15.9 Å². The SMILES string of the molecule is CCc1cc(CC)n(-c2c(F)cc(CBr)cc2F)n1. The van der Waals surface area contributed by atoms with Crippen molar-refractivity contribution in [3.8, 4) is 5.69 Å². The Balaban J connectivity index is 2.61. The third-order valence-corrected chi connectivity index (χ3v) is 3.65. The van der Waals surface area contributed by atoms with Crippen LogP contribution in [-0.2, 0) is 18.2 Å². The predicted octanol–water partition coefficient (Wildman–Crippen LogP) is 4.17. The van der Waals surface area contributed by atoms with Gasteiger partial charge in [0.05, 0.1) is 5.69 Å². The Morgan fingerprint density at radius 1 is 1.11 bits per heavy atom. The van der Waals surface area contributed by atoms with Crippen molar-refractivity contribution in [1.82, 2.24) is 9.78 Å². The van der Waals surface area contributed by atoms with E-state index in [4.69, 9.17) is 0 Å². The highest BCUT2D eigenvalue weighted by Gasteiger charge is 2.17. The highest BCUT2D eigenvalue weighted by molar-refractivity contribution is 9.08. The van der Waals surface area contributed by atoms with E-state index in [1.807, 2.05) is 19.9 Å². The van der Waals surface area contributed by atoms with Crippen LogP contribution in [0.4, 0.5) is 8.78 Å². The third-order valence-electron chi connectivity index (χ3n) is 3.00. The Hall–Kier alpha value is -1.23. The molecule has 0 N–H and O–H groups in total. The van der Waals surface area contributed by atoms with Crippen molar-refractivity contribution in [2.75, 3.05) is 0 Å². The maximum Gasteiger partial charge on any atom is 0.152 e. The fraction of sp³-hybridized carbons (Fsp3) is 0.357. The van der Waals surface area contributed by atoms with Crippen LogP contribution in [0.15, 0.2) is 18.2 Å². The molecule has 0 aliphatic carbocycles. The Morgan fingerprint density at radius 3 is 2.21 bits per heavy atom. The smallest absolute Gasteiger partial charge is 0.152 e. The minimum atomic E-state index is -0.588. The zero-order valence-corrected chi connectivity index (χ0v) is 12.5. The maximum atomic E-state index is 14.1. The summed E-state index contributed by atoms with van der Waals surface area (Å²) in [7, 11) is 0. The molecule has 0 amide bonds. The first-order valence-electron chi connectivity index (χ1n) is 6.22. The van der Waals surface area contributed by atoms with Gasteiger partial charge < -0.3 is 0 Å². The third kappa shape index (κ3) is 2.71. The molecule has 1 aromatic heterocycles. The van der Waals surface area contributed by atoms with Crippen LogP contribution >= 0.6 is 15.9 Å². The topological polar surface area (TPSA) is 17.8 Å². The average Bonchev–Trinajstić information content (AvgIpc) is 2.81. The first-order valence-corrected chi connectivity index (χ1v) is 7.34. The van der Waals surface area contributed by atoms with Crippen molar-refractivity contribution in [3.05, 3.63) is 46.8 Å². The van der Waals surface area contributed by atoms with E-state index in [0.29, 0.717) is 17.3 Å². The summed E-state index contributed by atoms with van der Waals surface area (Å²) >= 11 is 3.19. The summed E-state index contributed by atoms with van der Waals surface area (Å²) in [5.41, 5.74) is 2.11. The normalized spacial score (nSPS) is 11.0. The molecule has 2 aromatic rings. The number of hydrogen-bond donors (Lipinski definition) is 0. The molecule has 0 aliphatic rings. The van der Waals surface area contributed by atoms with Gasteiger partial charge in [-0.3, -0.25) is 0 Å². The molecular weight excluding hydrogens is 314 g/mol. The molecule has 0 aliphatic heterocycles. The number of halogens is 3. The second-order valence-electron chi connectivity index (χ2n) is 4.29. The van der Waals surface area contributed by atoms with Crippen LogP contribution in [0.25, 0.3) is 5.69 Å². The van der Waals surface area contributed by atoms with Gasteiger partial charge in [-0.25, -0.2) is 13.5 Å². The zero-order chi connectivity index (χ0) is 14.0. The number of hydrogen-bond acceptors (Lipinski definition) is 1. The van der Waals surface area contributed by atoms with E-state index in [-0.39, 0.29) is 5.69 Å². The van der Waals surface area contributed by atoms with Gasteiger partial charge in [-0.2, -0.15) is 5.10 Å². The Kier molecular flexibility index (Phi) is 4.34. The first-order chi connectivity index (χ1) is 9.10. The van der Waals surface area contributed by atoms with E-state index in [1.165, 1.54) is 16.8 Å².